The first-order chi connectivity index (χ1) is 10.2. The lowest BCUT2D eigenvalue weighted by Crippen LogP contribution is -2.49. The zero-order valence-electron chi connectivity index (χ0n) is 14.7. The summed E-state index contributed by atoms with van der Waals surface area (Å²) in [5.74, 6) is 0.697. The minimum absolute atomic E-state index is 0.0927. The molecule has 0 aromatic carbocycles. The van der Waals surface area contributed by atoms with Gasteiger partial charge >= 0.3 is 5.97 Å². The first-order valence-corrected chi connectivity index (χ1v) is 8.50. The monoisotopic (exact) mass is 306 g/mol. The summed E-state index contributed by atoms with van der Waals surface area (Å²) in [6.07, 6.45) is 7.93. The zero-order chi connectivity index (χ0) is 16.5. The molecule has 0 bridgehead atoms. The molecule has 0 heterocycles. The van der Waals surface area contributed by atoms with Gasteiger partial charge in [-0.15, -0.1) is 0 Å². The van der Waals surface area contributed by atoms with E-state index in [1.165, 1.54) is 20.0 Å². The topological polar surface area (TPSA) is 43.4 Å². The average Bonchev–Trinajstić information content (AvgIpc) is 2.43. The standard InChI is InChI=1S/C19H30O3/c1-13(20)7-9-15-14(17(21)22-5)8-10-16-18(2,3)11-6-12-19(15,16)4/h8,15-16H,6-7,9-12H2,1-5H3/t15-,16-,19+/m0/s1. The maximum absolute atomic E-state index is 12.2. The summed E-state index contributed by atoms with van der Waals surface area (Å²) in [6, 6.07) is 0. The Kier molecular flexibility index (Phi) is 4.84. The summed E-state index contributed by atoms with van der Waals surface area (Å²) in [5.41, 5.74) is 1.19. The van der Waals surface area contributed by atoms with E-state index in [0.717, 1.165) is 24.8 Å². The van der Waals surface area contributed by atoms with Gasteiger partial charge in [0.15, 0.2) is 0 Å². The van der Waals surface area contributed by atoms with Crippen molar-refractivity contribution in [3.63, 3.8) is 0 Å². The molecule has 0 N–H and O–H groups in total. The second-order valence-electron chi connectivity index (χ2n) is 8.08. The molecule has 0 aromatic rings. The lowest BCUT2D eigenvalue weighted by molar-refractivity contribution is -0.139. The fraction of sp³-hybridized carbons (Fsp3) is 0.789. The maximum Gasteiger partial charge on any atom is 0.333 e. The number of Topliss-reactive ketones (excluding diaryl/α,β-unsaturated/α-hetero) is 1. The van der Waals surface area contributed by atoms with Crippen molar-refractivity contribution >= 4 is 11.8 Å². The fourth-order valence-electron chi connectivity index (χ4n) is 5.09. The average molecular weight is 306 g/mol. The molecular weight excluding hydrogens is 276 g/mol. The molecule has 0 aliphatic heterocycles. The van der Waals surface area contributed by atoms with Crippen LogP contribution in [0.4, 0.5) is 0 Å². The molecule has 0 aromatic heterocycles. The number of allylic oxidation sites excluding steroid dienone is 1. The van der Waals surface area contributed by atoms with Crippen LogP contribution in [0.1, 0.15) is 66.2 Å². The van der Waals surface area contributed by atoms with E-state index in [4.69, 9.17) is 4.74 Å². The van der Waals surface area contributed by atoms with Crippen molar-refractivity contribution in [2.24, 2.45) is 22.7 Å². The van der Waals surface area contributed by atoms with Gasteiger partial charge in [-0.25, -0.2) is 4.79 Å². The van der Waals surface area contributed by atoms with E-state index >= 15 is 0 Å². The Morgan fingerprint density at radius 3 is 2.55 bits per heavy atom. The fourth-order valence-corrected chi connectivity index (χ4v) is 5.09. The van der Waals surface area contributed by atoms with Crippen molar-refractivity contribution in [3.05, 3.63) is 11.6 Å². The van der Waals surface area contributed by atoms with Gasteiger partial charge in [0.2, 0.25) is 0 Å². The molecule has 0 spiro atoms. The molecule has 3 heteroatoms. The molecule has 1 saturated carbocycles. The van der Waals surface area contributed by atoms with Crippen LogP contribution >= 0.6 is 0 Å². The van der Waals surface area contributed by atoms with Gasteiger partial charge in [-0.3, -0.25) is 0 Å². The quantitative estimate of drug-likeness (QED) is 0.727. The van der Waals surface area contributed by atoms with E-state index in [1.54, 1.807) is 6.92 Å². The third kappa shape index (κ3) is 3.00. The van der Waals surface area contributed by atoms with E-state index < -0.39 is 0 Å². The predicted molar refractivity (Wildman–Crippen MR) is 87.4 cm³/mol. The number of hydrogen-bond acceptors (Lipinski definition) is 3. The number of ketones is 1. The number of hydrogen-bond donors (Lipinski definition) is 0. The molecule has 0 amide bonds. The van der Waals surface area contributed by atoms with Crippen molar-refractivity contribution in [2.75, 3.05) is 7.11 Å². The van der Waals surface area contributed by atoms with Crippen LogP contribution in [-0.4, -0.2) is 18.9 Å². The molecule has 0 radical (unpaired) electrons. The van der Waals surface area contributed by atoms with Gasteiger partial charge in [0.1, 0.15) is 5.78 Å². The molecule has 124 valence electrons. The van der Waals surface area contributed by atoms with Crippen LogP contribution in [0, 0.1) is 22.7 Å². The van der Waals surface area contributed by atoms with E-state index in [1.807, 2.05) is 0 Å². The van der Waals surface area contributed by atoms with Crippen LogP contribution in [0.15, 0.2) is 11.6 Å². The van der Waals surface area contributed by atoms with Crippen LogP contribution in [0.5, 0.6) is 0 Å². The number of esters is 1. The van der Waals surface area contributed by atoms with Crippen molar-refractivity contribution in [2.45, 2.75) is 66.2 Å². The summed E-state index contributed by atoms with van der Waals surface area (Å²) in [6.45, 7) is 8.68. The SMILES string of the molecule is COC(=O)C1=CC[C@H]2C(C)(C)CCC[C@]2(C)[C@H]1CCC(C)=O. The summed E-state index contributed by atoms with van der Waals surface area (Å²) in [7, 11) is 1.45. The second-order valence-corrected chi connectivity index (χ2v) is 8.08. The first-order valence-electron chi connectivity index (χ1n) is 8.50. The van der Waals surface area contributed by atoms with Crippen molar-refractivity contribution in [3.8, 4) is 0 Å². The number of carbonyl (C=O) groups excluding carboxylic acids is 2. The summed E-state index contributed by atoms with van der Waals surface area (Å²) >= 11 is 0. The van der Waals surface area contributed by atoms with Crippen LogP contribution in [0.25, 0.3) is 0 Å². The van der Waals surface area contributed by atoms with Gasteiger partial charge in [-0.1, -0.05) is 33.3 Å². The minimum Gasteiger partial charge on any atom is -0.466 e. The lowest BCUT2D eigenvalue weighted by Gasteiger charge is -2.56. The predicted octanol–water partition coefficient (Wildman–Crippen LogP) is 4.31. The second kappa shape index (κ2) is 6.17. The Balaban J connectivity index is 2.39. The number of methoxy groups -OCH3 is 1. The molecule has 22 heavy (non-hydrogen) atoms. The zero-order valence-corrected chi connectivity index (χ0v) is 14.7. The van der Waals surface area contributed by atoms with E-state index in [0.29, 0.717) is 17.8 Å². The largest absolute Gasteiger partial charge is 0.466 e. The third-order valence-corrected chi connectivity index (χ3v) is 6.23. The van der Waals surface area contributed by atoms with Gasteiger partial charge in [-0.2, -0.15) is 0 Å². The molecule has 2 aliphatic rings. The van der Waals surface area contributed by atoms with Crippen molar-refractivity contribution in [1.29, 1.82) is 0 Å². The normalized spacial score (nSPS) is 33.6. The van der Waals surface area contributed by atoms with Crippen LogP contribution in [-0.2, 0) is 14.3 Å². The van der Waals surface area contributed by atoms with Crippen molar-refractivity contribution < 1.29 is 14.3 Å². The Morgan fingerprint density at radius 1 is 1.27 bits per heavy atom. The molecule has 3 nitrogen and oxygen atoms in total. The number of ether oxygens (including phenoxy) is 1. The lowest BCUT2D eigenvalue weighted by atomic mass is 9.48. The van der Waals surface area contributed by atoms with E-state index in [-0.39, 0.29) is 23.1 Å². The number of rotatable bonds is 4. The van der Waals surface area contributed by atoms with Gasteiger partial charge in [0.25, 0.3) is 0 Å². The Hall–Kier alpha value is -1.12. The Bertz CT molecular complexity index is 489. The number of carbonyl (C=O) groups is 2. The van der Waals surface area contributed by atoms with Crippen molar-refractivity contribution in [1.82, 2.24) is 0 Å². The van der Waals surface area contributed by atoms with Gasteiger partial charge in [0, 0.05) is 12.0 Å². The maximum atomic E-state index is 12.2. The van der Waals surface area contributed by atoms with E-state index in [2.05, 4.69) is 26.8 Å². The smallest absolute Gasteiger partial charge is 0.333 e. The summed E-state index contributed by atoms with van der Waals surface area (Å²) in [4.78, 5) is 23.7. The highest BCUT2D eigenvalue weighted by atomic mass is 16.5. The molecule has 2 aliphatic carbocycles. The van der Waals surface area contributed by atoms with Crippen LogP contribution in [0.3, 0.4) is 0 Å². The van der Waals surface area contributed by atoms with Gasteiger partial charge < -0.3 is 9.53 Å². The van der Waals surface area contributed by atoms with Crippen LogP contribution in [0.2, 0.25) is 0 Å². The van der Waals surface area contributed by atoms with E-state index in [9.17, 15) is 9.59 Å². The number of fused-ring (bicyclic) bond motifs is 1. The summed E-state index contributed by atoms with van der Waals surface area (Å²) in [5, 5.41) is 0. The third-order valence-electron chi connectivity index (χ3n) is 6.23. The molecule has 3 atom stereocenters. The summed E-state index contributed by atoms with van der Waals surface area (Å²) < 4.78 is 5.01. The Morgan fingerprint density at radius 2 is 1.95 bits per heavy atom. The molecule has 1 fully saturated rings. The van der Waals surface area contributed by atoms with Crippen LogP contribution < -0.4 is 0 Å². The highest BCUT2D eigenvalue weighted by Crippen LogP contribution is 2.60. The molecular formula is C19H30O3. The molecule has 0 saturated heterocycles. The Labute approximate surface area is 134 Å². The minimum atomic E-state index is -0.211. The molecule has 0 unspecified atom stereocenters. The first kappa shape index (κ1) is 17.2. The van der Waals surface area contributed by atoms with Gasteiger partial charge in [-0.05, 0) is 55.3 Å². The molecule has 2 rings (SSSR count). The highest BCUT2D eigenvalue weighted by Gasteiger charge is 2.53. The highest BCUT2D eigenvalue weighted by molar-refractivity contribution is 5.89. The van der Waals surface area contributed by atoms with Gasteiger partial charge in [0.05, 0.1) is 7.11 Å².